The topological polar surface area (TPSA) is 82.8 Å². The summed E-state index contributed by atoms with van der Waals surface area (Å²) in [6.07, 6.45) is 2.81. The average molecular weight is 266 g/mol. The second-order valence-corrected chi connectivity index (χ2v) is 4.62. The van der Waals surface area contributed by atoms with Gasteiger partial charge in [0.1, 0.15) is 0 Å². The predicted molar refractivity (Wildman–Crippen MR) is 67.5 cm³/mol. The number of rotatable bonds is 4. The lowest BCUT2D eigenvalue weighted by Crippen LogP contribution is -2.43. The fourth-order valence-electron chi connectivity index (χ4n) is 2.12. The largest absolute Gasteiger partial charge is 0.459 e. The number of carbonyl (C=O) groups excluding carboxylic acids is 2. The summed E-state index contributed by atoms with van der Waals surface area (Å²) in [4.78, 5) is 25.0. The van der Waals surface area contributed by atoms with Gasteiger partial charge in [-0.05, 0) is 25.0 Å². The summed E-state index contributed by atoms with van der Waals surface area (Å²) in [5.41, 5.74) is 0. The summed E-state index contributed by atoms with van der Waals surface area (Å²) in [5, 5.41) is 12.1. The van der Waals surface area contributed by atoms with Gasteiger partial charge >= 0.3 is 0 Å². The predicted octanol–water partition coefficient (Wildman–Crippen LogP) is 0.383. The maximum absolute atomic E-state index is 11.9. The van der Waals surface area contributed by atoms with Gasteiger partial charge in [0.25, 0.3) is 5.91 Å². The monoisotopic (exact) mass is 266 g/mol. The molecule has 0 saturated carbocycles. The first-order chi connectivity index (χ1) is 9.16. The number of aliphatic hydroxyl groups is 1. The molecular weight excluding hydrogens is 248 g/mol. The Labute approximate surface area is 111 Å². The highest BCUT2D eigenvalue weighted by atomic mass is 16.3. The van der Waals surface area contributed by atoms with E-state index in [2.05, 4.69) is 5.32 Å². The van der Waals surface area contributed by atoms with E-state index in [1.54, 1.807) is 17.0 Å². The fraction of sp³-hybridized carbons (Fsp3) is 0.538. The van der Waals surface area contributed by atoms with Crippen LogP contribution in [0, 0.1) is 0 Å². The van der Waals surface area contributed by atoms with Crippen molar-refractivity contribution < 1.29 is 19.1 Å². The molecule has 1 aliphatic heterocycles. The Hall–Kier alpha value is -1.82. The minimum atomic E-state index is -0.421. The van der Waals surface area contributed by atoms with E-state index in [1.807, 2.05) is 0 Å². The summed E-state index contributed by atoms with van der Waals surface area (Å²) >= 11 is 0. The number of carbonyl (C=O) groups is 2. The average Bonchev–Trinajstić information content (AvgIpc) is 2.92. The van der Waals surface area contributed by atoms with Gasteiger partial charge in [-0.3, -0.25) is 9.59 Å². The van der Waals surface area contributed by atoms with E-state index in [0.29, 0.717) is 13.1 Å². The SMILES string of the molecule is O=C(NCCC(=O)N1CCCC(O)C1)c1ccco1. The van der Waals surface area contributed by atoms with Crippen LogP contribution >= 0.6 is 0 Å². The zero-order chi connectivity index (χ0) is 13.7. The van der Waals surface area contributed by atoms with E-state index in [1.165, 1.54) is 6.26 Å². The molecular formula is C13H18N2O4. The molecule has 1 aliphatic rings. The molecule has 19 heavy (non-hydrogen) atoms. The van der Waals surface area contributed by atoms with E-state index in [-0.39, 0.29) is 30.5 Å². The quantitative estimate of drug-likeness (QED) is 0.825. The Morgan fingerprint density at radius 1 is 1.53 bits per heavy atom. The van der Waals surface area contributed by atoms with Crippen LogP contribution in [-0.4, -0.2) is 47.6 Å². The third kappa shape index (κ3) is 3.82. The zero-order valence-corrected chi connectivity index (χ0v) is 10.7. The van der Waals surface area contributed by atoms with Gasteiger partial charge in [-0.25, -0.2) is 0 Å². The first kappa shape index (κ1) is 13.6. The number of β-amino-alcohol motifs (C(OH)–C–C–N with tert-alkyl or cyclic N) is 1. The van der Waals surface area contributed by atoms with Crippen molar-refractivity contribution in [2.24, 2.45) is 0 Å². The van der Waals surface area contributed by atoms with Crippen LogP contribution in [0.4, 0.5) is 0 Å². The second-order valence-electron chi connectivity index (χ2n) is 4.62. The third-order valence-corrected chi connectivity index (χ3v) is 3.12. The molecule has 2 heterocycles. The van der Waals surface area contributed by atoms with Crippen molar-refractivity contribution in [3.63, 3.8) is 0 Å². The van der Waals surface area contributed by atoms with Gasteiger partial charge in [0, 0.05) is 26.1 Å². The lowest BCUT2D eigenvalue weighted by molar-refractivity contribution is -0.134. The van der Waals surface area contributed by atoms with E-state index < -0.39 is 6.10 Å². The molecule has 6 heteroatoms. The first-order valence-corrected chi connectivity index (χ1v) is 6.44. The maximum Gasteiger partial charge on any atom is 0.286 e. The molecule has 1 fully saturated rings. The standard InChI is InChI=1S/C13H18N2O4/c16-10-3-1-7-15(9-10)12(17)5-6-14-13(18)11-4-2-8-19-11/h2,4,8,10,16H,1,3,5-7,9H2,(H,14,18). The molecule has 2 amide bonds. The second kappa shape index (κ2) is 6.38. The van der Waals surface area contributed by atoms with Crippen LogP contribution in [-0.2, 0) is 4.79 Å². The molecule has 6 nitrogen and oxygen atoms in total. The maximum atomic E-state index is 11.9. The van der Waals surface area contributed by atoms with Crippen LogP contribution in [0.15, 0.2) is 22.8 Å². The van der Waals surface area contributed by atoms with Crippen LogP contribution in [0.2, 0.25) is 0 Å². The van der Waals surface area contributed by atoms with Crippen molar-refractivity contribution >= 4 is 11.8 Å². The Morgan fingerprint density at radius 2 is 2.37 bits per heavy atom. The molecule has 104 valence electrons. The highest BCUT2D eigenvalue weighted by molar-refractivity contribution is 5.91. The van der Waals surface area contributed by atoms with Crippen LogP contribution < -0.4 is 5.32 Å². The van der Waals surface area contributed by atoms with Crippen LogP contribution in [0.3, 0.4) is 0 Å². The highest BCUT2D eigenvalue weighted by Crippen LogP contribution is 2.10. The minimum Gasteiger partial charge on any atom is -0.459 e. The number of aliphatic hydroxyl groups excluding tert-OH is 1. The Balaban J connectivity index is 1.70. The van der Waals surface area contributed by atoms with Gasteiger partial charge in [0.05, 0.1) is 12.4 Å². The lowest BCUT2D eigenvalue weighted by Gasteiger charge is -2.30. The summed E-state index contributed by atoms with van der Waals surface area (Å²) in [6, 6.07) is 3.20. The molecule has 2 N–H and O–H groups in total. The summed E-state index contributed by atoms with van der Waals surface area (Å²) in [5.74, 6) is -0.129. The molecule has 0 aliphatic carbocycles. The molecule has 0 radical (unpaired) electrons. The molecule has 1 saturated heterocycles. The van der Waals surface area contributed by atoms with Crippen LogP contribution in [0.1, 0.15) is 29.8 Å². The Bertz CT molecular complexity index is 430. The van der Waals surface area contributed by atoms with Crippen molar-refractivity contribution in [1.82, 2.24) is 10.2 Å². The van der Waals surface area contributed by atoms with Gasteiger partial charge in [0.2, 0.25) is 5.91 Å². The van der Waals surface area contributed by atoms with E-state index in [9.17, 15) is 14.7 Å². The zero-order valence-electron chi connectivity index (χ0n) is 10.7. The lowest BCUT2D eigenvalue weighted by atomic mass is 10.1. The normalized spacial score (nSPS) is 19.2. The van der Waals surface area contributed by atoms with Crippen molar-refractivity contribution in [2.45, 2.75) is 25.4 Å². The van der Waals surface area contributed by atoms with E-state index in [4.69, 9.17) is 4.42 Å². The molecule has 1 atom stereocenters. The van der Waals surface area contributed by atoms with E-state index in [0.717, 1.165) is 12.8 Å². The van der Waals surface area contributed by atoms with Crippen molar-refractivity contribution in [1.29, 1.82) is 0 Å². The fourth-order valence-corrected chi connectivity index (χ4v) is 2.12. The number of nitrogens with zero attached hydrogens (tertiary/aromatic N) is 1. The third-order valence-electron chi connectivity index (χ3n) is 3.12. The summed E-state index contributed by atoms with van der Waals surface area (Å²) in [6.45, 7) is 1.35. The van der Waals surface area contributed by atoms with Crippen LogP contribution in [0.5, 0.6) is 0 Å². The van der Waals surface area contributed by atoms with Gasteiger partial charge < -0.3 is 19.7 Å². The molecule has 2 rings (SSSR count). The van der Waals surface area contributed by atoms with Gasteiger partial charge in [-0.15, -0.1) is 0 Å². The number of likely N-dealkylation sites (tertiary alicyclic amines) is 1. The molecule has 0 aromatic carbocycles. The minimum absolute atomic E-state index is 0.0431. The summed E-state index contributed by atoms with van der Waals surface area (Å²) < 4.78 is 4.94. The summed E-state index contributed by atoms with van der Waals surface area (Å²) in [7, 11) is 0. The van der Waals surface area contributed by atoms with Crippen LogP contribution in [0.25, 0.3) is 0 Å². The number of hydrogen-bond donors (Lipinski definition) is 2. The molecule has 0 bridgehead atoms. The van der Waals surface area contributed by atoms with Crippen molar-refractivity contribution in [3.05, 3.63) is 24.2 Å². The number of amides is 2. The van der Waals surface area contributed by atoms with E-state index >= 15 is 0 Å². The highest BCUT2D eigenvalue weighted by Gasteiger charge is 2.21. The molecule has 1 aromatic rings. The number of piperidine rings is 1. The Morgan fingerprint density at radius 3 is 3.05 bits per heavy atom. The van der Waals surface area contributed by atoms with Gasteiger partial charge in [-0.2, -0.15) is 0 Å². The van der Waals surface area contributed by atoms with Gasteiger partial charge in [-0.1, -0.05) is 0 Å². The molecule has 1 aromatic heterocycles. The van der Waals surface area contributed by atoms with Gasteiger partial charge in [0.15, 0.2) is 5.76 Å². The smallest absolute Gasteiger partial charge is 0.286 e. The van der Waals surface area contributed by atoms with Crippen molar-refractivity contribution in [3.8, 4) is 0 Å². The number of nitrogens with one attached hydrogen (secondary N) is 1. The molecule has 0 spiro atoms. The van der Waals surface area contributed by atoms with Crippen molar-refractivity contribution in [2.75, 3.05) is 19.6 Å². The Kier molecular flexibility index (Phi) is 4.57. The first-order valence-electron chi connectivity index (χ1n) is 6.44. The number of hydrogen-bond acceptors (Lipinski definition) is 4. The number of furan rings is 1. The molecule has 1 unspecified atom stereocenters.